The minimum atomic E-state index is -2.37. The normalized spacial score (nSPS) is 47.0. The highest BCUT2D eigenvalue weighted by Gasteiger charge is 2.79. The average molecular weight is 583 g/mol. The number of esters is 1. The quantitative estimate of drug-likeness (QED) is 0.404. The third-order valence-electron chi connectivity index (χ3n) is 11.5. The fraction of sp³-hybridized carbons (Fsp3) is 0.774. The lowest BCUT2D eigenvalue weighted by atomic mass is 9.44. The van der Waals surface area contributed by atoms with Crippen LogP contribution >= 0.6 is 0 Å². The Kier molecular flexibility index (Phi) is 7.65. The summed E-state index contributed by atoms with van der Waals surface area (Å²) in [7, 11) is 0. The van der Waals surface area contributed by atoms with Gasteiger partial charge in [-0.3, -0.25) is 4.79 Å². The predicted molar refractivity (Wildman–Crippen MR) is 142 cm³/mol. The van der Waals surface area contributed by atoms with Crippen molar-refractivity contribution in [2.45, 2.75) is 109 Å². The summed E-state index contributed by atoms with van der Waals surface area (Å²) in [4.78, 5) is 38.9. The maximum absolute atomic E-state index is 17.5. The van der Waals surface area contributed by atoms with E-state index in [0.29, 0.717) is 18.8 Å². The first-order valence-electron chi connectivity index (χ1n) is 14.9. The Bertz CT molecular complexity index is 1150. The second kappa shape index (κ2) is 10.4. The van der Waals surface area contributed by atoms with E-state index in [1.165, 1.54) is 19.1 Å². The van der Waals surface area contributed by atoms with Crippen LogP contribution in [0.4, 0.5) is 18.0 Å². The molecule has 10 heteroatoms. The summed E-state index contributed by atoms with van der Waals surface area (Å²) in [5, 5.41) is 11.6. The molecule has 1 N–H and O–H groups in total. The molecule has 0 bridgehead atoms. The van der Waals surface area contributed by atoms with Crippen LogP contribution < -0.4 is 0 Å². The van der Waals surface area contributed by atoms with Gasteiger partial charge in [-0.2, -0.15) is 0 Å². The molecule has 0 aromatic rings. The molecule has 0 spiro atoms. The van der Waals surface area contributed by atoms with Crippen molar-refractivity contribution in [3.05, 3.63) is 23.8 Å². The van der Waals surface area contributed by atoms with E-state index in [2.05, 4.69) is 6.92 Å². The Morgan fingerprint density at radius 2 is 1.80 bits per heavy atom. The van der Waals surface area contributed by atoms with Gasteiger partial charge in [0.15, 0.2) is 11.5 Å². The average Bonchev–Trinajstić information content (AvgIpc) is 3.14. The molecule has 0 amide bonds. The minimum absolute atomic E-state index is 0.0156. The largest absolute Gasteiger partial charge is 0.509 e. The summed E-state index contributed by atoms with van der Waals surface area (Å²) < 4.78 is 63.0. The van der Waals surface area contributed by atoms with Crippen LogP contribution in [0.2, 0.25) is 0 Å². The van der Waals surface area contributed by atoms with Crippen LogP contribution in [0.1, 0.15) is 79.1 Å². The van der Waals surface area contributed by atoms with Gasteiger partial charge in [-0.05, 0) is 81.4 Å². The fourth-order valence-corrected chi connectivity index (χ4v) is 9.32. The van der Waals surface area contributed by atoms with Gasteiger partial charge in [-0.1, -0.05) is 33.3 Å². The Morgan fingerprint density at radius 1 is 1.12 bits per heavy atom. The van der Waals surface area contributed by atoms with Crippen LogP contribution in [0.5, 0.6) is 0 Å². The molecule has 0 aliphatic heterocycles. The van der Waals surface area contributed by atoms with Gasteiger partial charge in [0.2, 0.25) is 12.5 Å². The van der Waals surface area contributed by atoms with E-state index in [1.54, 1.807) is 13.8 Å². The number of hydrogen-bond acceptors (Lipinski definition) is 7. The highest BCUT2D eigenvalue weighted by atomic mass is 19.1. The van der Waals surface area contributed by atoms with Crippen LogP contribution in [-0.2, 0) is 23.8 Å². The van der Waals surface area contributed by atoms with Gasteiger partial charge in [0, 0.05) is 22.7 Å². The molecule has 0 heterocycles. The number of ether oxygens (including phenoxy) is 3. The Morgan fingerprint density at radius 3 is 2.44 bits per heavy atom. The molecule has 4 saturated carbocycles. The number of fused-ring (bicyclic) bond motifs is 5. The molecule has 228 valence electrons. The molecule has 4 fully saturated rings. The van der Waals surface area contributed by atoms with Crippen LogP contribution in [-0.4, -0.2) is 59.5 Å². The zero-order valence-corrected chi connectivity index (χ0v) is 24.2. The van der Waals surface area contributed by atoms with E-state index in [4.69, 9.17) is 14.2 Å². The van der Waals surface area contributed by atoms with Gasteiger partial charge in [0.05, 0.1) is 6.10 Å². The predicted octanol–water partition coefficient (Wildman–Crippen LogP) is 5.88. The number of aliphatic hydroxyl groups is 1. The summed E-state index contributed by atoms with van der Waals surface area (Å²) in [5.41, 5.74) is -7.51. The third-order valence-corrected chi connectivity index (χ3v) is 11.5. The van der Waals surface area contributed by atoms with Crippen molar-refractivity contribution in [2.75, 3.05) is 6.86 Å². The number of alkyl halides is 3. The number of ketones is 1. The summed E-state index contributed by atoms with van der Waals surface area (Å²) in [5.74, 6) is -3.65. The molecule has 0 aromatic carbocycles. The SMILES string of the molecule is CCC1CCC(OC(=O)O[C@@]2(C(=O)OCF)[C@H](C)C[C@H]3[C@@H]4C[C@H](F)C5=CC(=O)C=C[C@]5(C)C4(F)[C@@H](O)C[C@@]32C)CC1. The number of hydrogen-bond donors (Lipinski definition) is 1. The third kappa shape index (κ3) is 4.20. The molecule has 0 saturated heterocycles. The van der Waals surface area contributed by atoms with Gasteiger partial charge in [0.1, 0.15) is 12.3 Å². The van der Waals surface area contributed by atoms with E-state index in [0.717, 1.165) is 25.3 Å². The molecule has 0 radical (unpaired) electrons. The van der Waals surface area contributed by atoms with Crippen molar-refractivity contribution in [3.8, 4) is 0 Å². The van der Waals surface area contributed by atoms with Crippen LogP contribution in [0.15, 0.2) is 23.8 Å². The van der Waals surface area contributed by atoms with Crippen LogP contribution in [0.3, 0.4) is 0 Å². The van der Waals surface area contributed by atoms with Gasteiger partial charge in [0.25, 0.3) is 0 Å². The molecule has 0 aromatic heterocycles. The van der Waals surface area contributed by atoms with Crippen molar-refractivity contribution in [2.24, 2.45) is 34.5 Å². The summed E-state index contributed by atoms with van der Waals surface area (Å²) in [6.07, 6.45) is 2.34. The molecule has 5 aliphatic carbocycles. The first kappa shape index (κ1) is 30.1. The lowest BCUT2D eigenvalue weighted by Crippen LogP contribution is -2.71. The number of rotatable bonds is 5. The standard InChI is InChI=1S/C31H41F3O7/c1-5-18-6-8-20(9-7-18)40-27(38)41-31(26(37)39-16-32)17(2)12-21-22-14-24(33)23-13-19(35)10-11-28(23,3)30(22,34)25(36)15-29(21,31)4/h10-11,13,17-18,20-22,24-25,36H,5-9,12,14-16H2,1-4H3/t17-,18?,20?,21+,22+,24+,25+,28+,29+,30?,31-/m1/s1. The number of aliphatic hydroxyl groups excluding tert-OH is 1. The number of halogens is 3. The summed E-state index contributed by atoms with van der Waals surface area (Å²) >= 11 is 0. The Balaban J connectivity index is 1.50. The lowest BCUT2D eigenvalue weighted by molar-refractivity contribution is -0.235. The number of carbonyl (C=O) groups excluding carboxylic acids is 3. The van der Waals surface area contributed by atoms with Crippen molar-refractivity contribution in [1.82, 2.24) is 0 Å². The van der Waals surface area contributed by atoms with Gasteiger partial charge >= 0.3 is 12.1 Å². The van der Waals surface area contributed by atoms with E-state index in [-0.39, 0.29) is 24.8 Å². The topological polar surface area (TPSA) is 99.1 Å². The maximum atomic E-state index is 17.5. The first-order chi connectivity index (χ1) is 19.3. The maximum Gasteiger partial charge on any atom is 0.509 e. The first-order valence-corrected chi connectivity index (χ1v) is 14.9. The molecule has 41 heavy (non-hydrogen) atoms. The second-order valence-electron chi connectivity index (χ2n) is 13.3. The molecule has 5 rings (SSSR count). The van der Waals surface area contributed by atoms with E-state index in [1.807, 2.05) is 0 Å². The molecule has 1 unspecified atom stereocenters. The van der Waals surface area contributed by atoms with Gasteiger partial charge < -0.3 is 19.3 Å². The van der Waals surface area contributed by atoms with Crippen molar-refractivity contribution in [1.29, 1.82) is 0 Å². The fourth-order valence-electron chi connectivity index (χ4n) is 9.32. The van der Waals surface area contributed by atoms with E-state index < -0.39 is 83.0 Å². The van der Waals surface area contributed by atoms with Crippen LogP contribution in [0, 0.1) is 34.5 Å². The van der Waals surface area contributed by atoms with Gasteiger partial charge in [-0.15, -0.1) is 0 Å². The molecule has 9 atom stereocenters. The van der Waals surface area contributed by atoms with Crippen LogP contribution in [0.25, 0.3) is 0 Å². The molecule has 5 aliphatic rings. The highest BCUT2D eigenvalue weighted by Crippen LogP contribution is 2.71. The van der Waals surface area contributed by atoms with Gasteiger partial charge in [-0.25, -0.2) is 22.8 Å². The zero-order chi connectivity index (χ0) is 30.0. The molecular formula is C31H41F3O7. The van der Waals surface area contributed by atoms with Crippen molar-refractivity contribution < 1.29 is 46.9 Å². The monoisotopic (exact) mass is 582 g/mol. The van der Waals surface area contributed by atoms with E-state index >= 15 is 8.78 Å². The zero-order valence-electron chi connectivity index (χ0n) is 24.2. The minimum Gasteiger partial charge on any atom is -0.431 e. The Hall–Kier alpha value is -2.36. The Labute approximate surface area is 238 Å². The van der Waals surface area contributed by atoms with Crippen molar-refractivity contribution in [3.63, 3.8) is 0 Å². The second-order valence-corrected chi connectivity index (χ2v) is 13.3. The number of carbonyl (C=O) groups is 3. The molecular weight excluding hydrogens is 541 g/mol. The smallest absolute Gasteiger partial charge is 0.431 e. The lowest BCUT2D eigenvalue weighted by Gasteiger charge is -2.62. The summed E-state index contributed by atoms with van der Waals surface area (Å²) in [6.45, 7) is 5.37. The molecule has 7 nitrogen and oxygen atoms in total. The van der Waals surface area contributed by atoms with E-state index in [9.17, 15) is 23.9 Å². The summed E-state index contributed by atoms with van der Waals surface area (Å²) in [6, 6.07) is 0. The number of allylic oxidation sites excluding steroid dienone is 4. The highest BCUT2D eigenvalue weighted by molar-refractivity contribution is 6.01. The van der Waals surface area contributed by atoms with Crippen molar-refractivity contribution >= 4 is 17.9 Å².